The summed E-state index contributed by atoms with van der Waals surface area (Å²) < 4.78 is 38.1. The van der Waals surface area contributed by atoms with E-state index in [-0.39, 0.29) is 13.2 Å². The summed E-state index contributed by atoms with van der Waals surface area (Å²) in [5.41, 5.74) is 1.76. The molecule has 0 radical (unpaired) electrons. The van der Waals surface area contributed by atoms with Gasteiger partial charge in [-0.3, -0.25) is 0 Å². The summed E-state index contributed by atoms with van der Waals surface area (Å²) in [6.07, 6.45) is 0. The Balaban J connectivity index is 1.86. The molecule has 24 heavy (non-hydrogen) atoms. The van der Waals surface area contributed by atoms with Gasteiger partial charge in [-0.1, -0.05) is 17.7 Å². The molecule has 0 spiro atoms. The number of hydrogen-bond donors (Lipinski definition) is 1. The quantitative estimate of drug-likeness (QED) is 0.744. The minimum absolute atomic E-state index is 0.197. The number of benzene rings is 2. The number of sulfonamides is 1. The molecule has 0 heterocycles. The van der Waals surface area contributed by atoms with Crippen LogP contribution in [0.4, 0.5) is 0 Å². The van der Waals surface area contributed by atoms with Gasteiger partial charge in [-0.15, -0.1) is 0 Å². The lowest BCUT2D eigenvalue weighted by atomic mass is 10.2. The highest BCUT2D eigenvalue weighted by Gasteiger charge is 2.15. The van der Waals surface area contributed by atoms with Crippen molar-refractivity contribution in [3.05, 3.63) is 53.6 Å². The lowest BCUT2D eigenvalue weighted by Crippen LogP contribution is -2.28. The van der Waals surface area contributed by atoms with Crippen LogP contribution in [0.15, 0.2) is 47.4 Å². The summed E-state index contributed by atoms with van der Waals surface area (Å²) in [6, 6.07) is 12.5. The van der Waals surface area contributed by atoms with Gasteiger partial charge in [-0.25, -0.2) is 13.1 Å². The molecule has 0 saturated carbocycles. The summed E-state index contributed by atoms with van der Waals surface area (Å²) >= 11 is 0. The van der Waals surface area contributed by atoms with E-state index in [4.69, 9.17) is 9.47 Å². The summed E-state index contributed by atoms with van der Waals surface area (Å²) in [6.45, 7) is 6.70. The zero-order valence-corrected chi connectivity index (χ0v) is 15.0. The monoisotopic (exact) mass is 349 g/mol. The maximum Gasteiger partial charge on any atom is 0.240 e. The summed E-state index contributed by atoms with van der Waals surface area (Å²) in [7, 11) is -3.53. The molecule has 0 bridgehead atoms. The molecule has 0 unspecified atom stereocenters. The molecule has 0 fully saturated rings. The number of aryl methyl sites for hydroxylation is 2. The molecule has 130 valence electrons. The third-order valence-electron chi connectivity index (χ3n) is 3.42. The summed E-state index contributed by atoms with van der Waals surface area (Å²) in [5, 5.41) is 0. The van der Waals surface area contributed by atoms with Crippen molar-refractivity contribution in [2.75, 3.05) is 19.8 Å². The van der Waals surface area contributed by atoms with Crippen LogP contribution in [0.3, 0.4) is 0 Å². The minimum Gasteiger partial charge on any atom is -0.494 e. The van der Waals surface area contributed by atoms with Gasteiger partial charge in [0.1, 0.15) is 18.1 Å². The molecule has 2 aromatic carbocycles. The third kappa shape index (κ3) is 4.97. The van der Waals surface area contributed by atoms with Gasteiger partial charge in [-0.05, 0) is 56.7 Å². The Labute approximate surface area is 143 Å². The Morgan fingerprint density at radius 3 is 2.17 bits per heavy atom. The maximum atomic E-state index is 12.3. The Morgan fingerprint density at radius 2 is 1.58 bits per heavy atom. The van der Waals surface area contributed by atoms with E-state index in [1.165, 1.54) is 0 Å². The fraction of sp³-hybridized carbons (Fsp3) is 0.333. The predicted molar refractivity (Wildman–Crippen MR) is 94.2 cm³/mol. The average Bonchev–Trinajstić information content (AvgIpc) is 2.53. The van der Waals surface area contributed by atoms with Gasteiger partial charge >= 0.3 is 0 Å². The predicted octanol–water partition coefficient (Wildman–Crippen LogP) is 3.06. The van der Waals surface area contributed by atoms with Gasteiger partial charge < -0.3 is 9.47 Å². The van der Waals surface area contributed by atoms with Crippen LogP contribution in [0, 0.1) is 13.8 Å². The van der Waals surface area contributed by atoms with E-state index in [0.717, 1.165) is 16.9 Å². The SMILES string of the molecule is CCOc1ccc(OCCNS(=O)(=O)c2ccc(C)cc2C)cc1. The Hall–Kier alpha value is -2.05. The third-order valence-corrected chi connectivity index (χ3v) is 5.04. The van der Waals surface area contributed by atoms with E-state index < -0.39 is 10.0 Å². The summed E-state index contributed by atoms with van der Waals surface area (Å²) in [5.74, 6) is 1.45. The van der Waals surface area contributed by atoms with E-state index in [1.807, 2.05) is 32.0 Å². The van der Waals surface area contributed by atoms with Gasteiger partial charge in [0, 0.05) is 6.54 Å². The van der Waals surface area contributed by atoms with E-state index in [9.17, 15) is 8.42 Å². The number of rotatable bonds is 8. The van der Waals surface area contributed by atoms with Crippen LogP contribution in [0.1, 0.15) is 18.1 Å². The Morgan fingerprint density at radius 1 is 0.958 bits per heavy atom. The number of hydrogen-bond acceptors (Lipinski definition) is 4. The van der Waals surface area contributed by atoms with E-state index in [1.54, 1.807) is 31.2 Å². The van der Waals surface area contributed by atoms with Crippen LogP contribution < -0.4 is 14.2 Å². The molecule has 0 atom stereocenters. The summed E-state index contributed by atoms with van der Waals surface area (Å²) in [4.78, 5) is 0.300. The molecule has 0 aliphatic rings. The lowest BCUT2D eigenvalue weighted by Gasteiger charge is -2.11. The molecule has 0 aliphatic carbocycles. The van der Waals surface area contributed by atoms with E-state index in [0.29, 0.717) is 17.3 Å². The lowest BCUT2D eigenvalue weighted by molar-refractivity contribution is 0.319. The van der Waals surface area contributed by atoms with Crippen molar-refractivity contribution >= 4 is 10.0 Å². The van der Waals surface area contributed by atoms with Crippen molar-refractivity contribution in [3.63, 3.8) is 0 Å². The Kier molecular flexibility index (Phi) is 6.23. The maximum absolute atomic E-state index is 12.3. The molecule has 6 heteroatoms. The first-order valence-corrected chi connectivity index (χ1v) is 9.33. The molecule has 0 aromatic heterocycles. The largest absolute Gasteiger partial charge is 0.494 e. The Bertz CT molecular complexity index is 770. The zero-order valence-electron chi connectivity index (χ0n) is 14.2. The van der Waals surface area contributed by atoms with E-state index >= 15 is 0 Å². The van der Waals surface area contributed by atoms with Gasteiger partial charge in [0.2, 0.25) is 10.0 Å². The van der Waals surface area contributed by atoms with Crippen molar-refractivity contribution in [1.29, 1.82) is 0 Å². The first kappa shape index (κ1) is 18.3. The van der Waals surface area contributed by atoms with Crippen LogP contribution in [0.5, 0.6) is 11.5 Å². The first-order chi connectivity index (χ1) is 11.4. The van der Waals surface area contributed by atoms with Crippen LogP contribution in [-0.2, 0) is 10.0 Å². The fourth-order valence-electron chi connectivity index (χ4n) is 2.32. The van der Waals surface area contributed by atoms with Crippen LogP contribution >= 0.6 is 0 Å². The second-order valence-electron chi connectivity index (χ2n) is 5.42. The highest BCUT2D eigenvalue weighted by Crippen LogP contribution is 2.18. The fourth-order valence-corrected chi connectivity index (χ4v) is 3.56. The number of nitrogens with one attached hydrogen (secondary N) is 1. The molecular formula is C18H23NO4S. The standard InChI is InChI=1S/C18H23NO4S/c1-4-22-16-6-8-17(9-7-16)23-12-11-19-24(20,21)18-10-5-14(2)13-15(18)3/h5-10,13,19H,4,11-12H2,1-3H3. The highest BCUT2D eigenvalue weighted by molar-refractivity contribution is 7.89. The van der Waals surface area contributed by atoms with Gasteiger partial charge in [0.05, 0.1) is 11.5 Å². The van der Waals surface area contributed by atoms with Crippen LogP contribution in [0.25, 0.3) is 0 Å². The normalized spacial score (nSPS) is 11.3. The van der Waals surface area contributed by atoms with Crippen LogP contribution in [-0.4, -0.2) is 28.2 Å². The topological polar surface area (TPSA) is 64.6 Å². The first-order valence-electron chi connectivity index (χ1n) is 7.85. The zero-order chi connectivity index (χ0) is 17.6. The number of ether oxygens (including phenoxy) is 2. The smallest absolute Gasteiger partial charge is 0.240 e. The molecule has 2 rings (SSSR count). The van der Waals surface area contributed by atoms with Crippen molar-refractivity contribution in [2.45, 2.75) is 25.7 Å². The van der Waals surface area contributed by atoms with Gasteiger partial charge in [0.15, 0.2) is 0 Å². The molecule has 0 amide bonds. The molecule has 5 nitrogen and oxygen atoms in total. The van der Waals surface area contributed by atoms with Crippen molar-refractivity contribution in [2.24, 2.45) is 0 Å². The molecular weight excluding hydrogens is 326 g/mol. The molecule has 0 saturated heterocycles. The van der Waals surface area contributed by atoms with Crippen molar-refractivity contribution in [1.82, 2.24) is 4.72 Å². The van der Waals surface area contributed by atoms with E-state index in [2.05, 4.69) is 4.72 Å². The van der Waals surface area contributed by atoms with Crippen molar-refractivity contribution in [3.8, 4) is 11.5 Å². The second-order valence-corrected chi connectivity index (χ2v) is 7.15. The molecule has 0 aliphatic heterocycles. The minimum atomic E-state index is -3.53. The van der Waals surface area contributed by atoms with Gasteiger partial charge in [0.25, 0.3) is 0 Å². The van der Waals surface area contributed by atoms with Crippen LogP contribution in [0.2, 0.25) is 0 Å². The van der Waals surface area contributed by atoms with Gasteiger partial charge in [-0.2, -0.15) is 0 Å². The molecule has 1 N–H and O–H groups in total. The average molecular weight is 349 g/mol. The second kappa shape index (κ2) is 8.17. The highest BCUT2D eigenvalue weighted by atomic mass is 32.2. The van der Waals surface area contributed by atoms with Crippen molar-refractivity contribution < 1.29 is 17.9 Å². The molecule has 2 aromatic rings.